The first kappa shape index (κ1) is 13.2. The van der Waals surface area contributed by atoms with Gasteiger partial charge in [0.15, 0.2) is 0 Å². The van der Waals surface area contributed by atoms with Crippen molar-refractivity contribution in [1.82, 2.24) is 0 Å². The van der Waals surface area contributed by atoms with Gasteiger partial charge in [0, 0.05) is 18.9 Å². The highest BCUT2D eigenvalue weighted by Gasteiger charge is 2.21. The first-order valence-electron chi connectivity index (χ1n) is 5.76. The molecule has 0 spiro atoms. The Bertz CT molecular complexity index is 217. The molecule has 0 aliphatic carbocycles. The fourth-order valence-corrected chi connectivity index (χ4v) is 3.42. The quantitative estimate of drug-likeness (QED) is 0.685. The molecule has 0 aromatic carbocycles. The van der Waals surface area contributed by atoms with Crippen molar-refractivity contribution >= 4 is 7.37 Å². The lowest BCUT2D eigenvalue weighted by Gasteiger charge is -2.23. The van der Waals surface area contributed by atoms with Crippen molar-refractivity contribution in [2.45, 2.75) is 38.2 Å². The van der Waals surface area contributed by atoms with Gasteiger partial charge in [-0.15, -0.1) is 0 Å². The Morgan fingerprint density at radius 3 is 2.80 bits per heavy atom. The predicted octanol–water partition coefficient (Wildman–Crippen LogP) is 1.56. The SMILES string of the molecule is NCCCP(=O)(O)CC[C@@H]1CCCCO1. The second-order valence-corrected chi connectivity index (χ2v) is 6.80. The fourth-order valence-electron chi connectivity index (χ4n) is 1.83. The van der Waals surface area contributed by atoms with Crippen LogP contribution in [-0.4, -0.2) is 36.5 Å². The number of hydrogen-bond acceptors (Lipinski definition) is 3. The maximum atomic E-state index is 11.7. The topological polar surface area (TPSA) is 72.6 Å². The van der Waals surface area contributed by atoms with Crippen LogP contribution in [-0.2, 0) is 9.30 Å². The van der Waals surface area contributed by atoms with Gasteiger partial charge >= 0.3 is 0 Å². The molecule has 90 valence electrons. The van der Waals surface area contributed by atoms with Crippen LogP contribution in [0.15, 0.2) is 0 Å². The van der Waals surface area contributed by atoms with Crippen LogP contribution < -0.4 is 5.73 Å². The van der Waals surface area contributed by atoms with E-state index in [1.54, 1.807) is 0 Å². The molecule has 1 aliphatic rings. The van der Waals surface area contributed by atoms with Crippen LogP contribution in [0, 0.1) is 0 Å². The second kappa shape index (κ2) is 6.64. The molecule has 3 N–H and O–H groups in total. The van der Waals surface area contributed by atoms with Gasteiger partial charge in [-0.2, -0.15) is 0 Å². The average Bonchev–Trinajstić information content (AvgIpc) is 2.25. The molecule has 1 fully saturated rings. The molecule has 1 aliphatic heterocycles. The normalized spacial score (nSPS) is 26.1. The lowest BCUT2D eigenvalue weighted by molar-refractivity contribution is 0.0144. The van der Waals surface area contributed by atoms with E-state index in [1.165, 1.54) is 6.42 Å². The van der Waals surface area contributed by atoms with Crippen LogP contribution >= 0.6 is 7.37 Å². The van der Waals surface area contributed by atoms with Crippen LogP contribution in [0.4, 0.5) is 0 Å². The number of ether oxygens (including phenoxy) is 1. The zero-order valence-electron chi connectivity index (χ0n) is 9.23. The van der Waals surface area contributed by atoms with Gasteiger partial charge in [-0.3, -0.25) is 4.57 Å². The van der Waals surface area contributed by atoms with Crippen LogP contribution in [0.5, 0.6) is 0 Å². The summed E-state index contributed by atoms with van der Waals surface area (Å²) in [7, 11) is -2.94. The van der Waals surface area contributed by atoms with E-state index in [0.717, 1.165) is 25.9 Å². The van der Waals surface area contributed by atoms with Gasteiger partial charge in [-0.25, -0.2) is 0 Å². The van der Waals surface area contributed by atoms with Gasteiger partial charge < -0.3 is 15.4 Å². The Labute approximate surface area is 91.6 Å². The minimum atomic E-state index is -2.94. The van der Waals surface area contributed by atoms with Gasteiger partial charge in [0.1, 0.15) is 0 Å². The van der Waals surface area contributed by atoms with Gasteiger partial charge in [0.2, 0.25) is 7.37 Å². The van der Waals surface area contributed by atoms with Crippen molar-refractivity contribution in [1.29, 1.82) is 0 Å². The summed E-state index contributed by atoms with van der Waals surface area (Å²) in [5.41, 5.74) is 5.32. The summed E-state index contributed by atoms with van der Waals surface area (Å²) in [4.78, 5) is 9.62. The molecule has 0 amide bonds. The Morgan fingerprint density at radius 2 is 2.20 bits per heavy atom. The molecule has 4 nitrogen and oxygen atoms in total. The maximum absolute atomic E-state index is 11.7. The van der Waals surface area contributed by atoms with Crippen molar-refractivity contribution in [3.8, 4) is 0 Å². The molecule has 5 heteroatoms. The summed E-state index contributed by atoms with van der Waals surface area (Å²) in [6.45, 7) is 1.30. The molecule has 1 saturated heterocycles. The molecule has 15 heavy (non-hydrogen) atoms. The molecule has 1 rings (SSSR count). The highest BCUT2D eigenvalue weighted by molar-refractivity contribution is 7.57. The highest BCUT2D eigenvalue weighted by Crippen LogP contribution is 2.42. The van der Waals surface area contributed by atoms with Crippen molar-refractivity contribution in [3.05, 3.63) is 0 Å². The second-order valence-electron chi connectivity index (χ2n) is 4.21. The minimum absolute atomic E-state index is 0.206. The number of nitrogens with two attached hydrogens (primary N) is 1. The van der Waals surface area contributed by atoms with Gasteiger partial charge in [0.25, 0.3) is 0 Å². The number of hydrogen-bond donors (Lipinski definition) is 2. The van der Waals surface area contributed by atoms with Crippen LogP contribution in [0.2, 0.25) is 0 Å². The van der Waals surface area contributed by atoms with E-state index in [1.807, 2.05) is 0 Å². The van der Waals surface area contributed by atoms with E-state index in [4.69, 9.17) is 10.5 Å². The molecular weight excluding hydrogens is 213 g/mol. The van der Waals surface area contributed by atoms with E-state index in [-0.39, 0.29) is 6.10 Å². The van der Waals surface area contributed by atoms with E-state index in [9.17, 15) is 9.46 Å². The maximum Gasteiger partial charge on any atom is 0.200 e. The van der Waals surface area contributed by atoms with E-state index in [0.29, 0.717) is 25.3 Å². The largest absolute Gasteiger partial charge is 0.378 e. The standard InChI is InChI=1S/C10H22NO3P/c11-6-3-8-15(12,13)9-5-10-4-1-2-7-14-10/h10H,1-9,11H2,(H,12,13)/t10-/m0/s1. The smallest absolute Gasteiger partial charge is 0.200 e. The summed E-state index contributed by atoms with van der Waals surface area (Å²) in [5, 5.41) is 0. The Morgan fingerprint density at radius 1 is 1.40 bits per heavy atom. The Kier molecular flexibility index (Phi) is 5.83. The number of rotatable bonds is 6. The summed E-state index contributed by atoms with van der Waals surface area (Å²) in [6.07, 6.45) is 5.66. The summed E-state index contributed by atoms with van der Waals surface area (Å²) >= 11 is 0. The van der Waals surface area contributed by atoms with Crippen molar-refractivity contribution in [2.24, 2.45) is 5.73 Å². The lowest BCUT2D eigenvalue weighted by Crippen LogP contribution is -2.20. The zero-order chi connectivity index (χ0) is 11.1. The van der Waals surface area contributed by atoms with E-state index < -0.39 is 7.37 Å². The molecule has 0 bridgehead atoms. The summed E-state index contributed by atoms with van der Waals surface area (Å²) in [6, 6.07) is 0. The predicted molar refractivity (Wildman–Crippen MR) is 61.4 cm³/mol. The van der Waals surface area contributed by atoms with Gasteiger partial charge in [-0.1, -0.05) is 0 Å². The molecule has 2 atom stereocenters. The van der Waals surface area contributed by atoms with Crippen molar-refractivity contribution < 1.29 is 14.2 Å². The minimum Gasteiger partial charge on any atom is -0.378 e. The third-order valence-electron chi connectivity index (χ3n) is 2.79. The van der Waals surface area contributed by atoms with Crippen LogP contribution in [0.3, 0.4) is 0 Å². The Balaban J connectivity index is 2.19. The van der Waals surface area contributed by atoms with Crippen molar-refractivity contribution in [2.75, 3.05) is 25.5 Å². The molecule has 1 unspecified atom stereocenters. The van der Waals surface area contributed by atoms with Gasteiger partial charge in [0.05, 0.1) is 6.10 Å². The summed E-state index contributed by atoms with van der Waals surface area (Å²) in [5.74, 6) is 0. The summed E-state index contributed by atoms with van der Waals surface area (Å²) < 4.78 is 17.2. The molecule has 0 radical (unpaired) electrons. The molecule has 0 aromatic heterocycles. The first-order valence-corrected chi connectivity index (χ1v) is 7.79. The zero-order valence-corrected chi connectivity index (χ0v) is 10.1. The lowest BCUT2D eigenvalue weighted by atomic mass is 10.1. The molecule has 0 saturated carbocycles. The van der Waals surface area contributed by atoms with E-state index >= 15 is 0 Å². The fraction of sp³-hybridized carbons (Fsp3) is 1.00. The van der Waals surface area contributed by atoms with Crippen LogP contribution in [0.1, 0.15) is 32.1 Å². The van der Waals surface area contributed by atoms with Gasteiger partial charge in [-0.05, 0) is 38.6 Å². The third kappa shape index (κ3) is 5.67. The molecule has 0 aromatic rings. The van der Waals surface area contributed by atoms with Crippen molar-refractivity contribution in [3.63, 3.8) is 0 Å². The first-order chi connectivity index (χ1) is 7.14. The van der Waals surface area contributed by atoms with Crippen LogP contribution in [0.25, 0.3) is 0 Å². The van der Waals surface area contributed by atoms with E-state index in [2.05, 4.69) is 0 Å². The Hall–Kier alpha value is 0.110. The highest BCUT2D eigenvalue weighted by atomic mass is 31.2. The monoisotopic (exact) mass is 235 g/mol. The average molecular weight is 235 g/mol. The molecular formula is C10H22NO3P. The third-order valence-corrected chi connectivity index (χ3v) is 4.76. The molecule has 1 heterocycles.